The van der Waals surface area contributed by atoms with Gasteiger partial charge in [-0.25, -0.2) is 0 Å². The first kappa shape index (κ1) is 12.2. The fourth-order valence-electron chi connectivity index (χ4n) is 2.10. The molecule has 0 amide bonds. The van der Waals surface area contributed by atoms with Crippen LogP contribution in [0.15, 0.2) is 42.5 Å². The molecule has 0 atom stereocenters. The van der Waals surface area contributed by atoms with Gasteiger partial charge >= 0.3 is 0 Å². The average Bonchev–Trinajstić information content (AvgIpc) is 2.38. The Kier molecular flexibility index (Phi) is 3.34. The van der Waals surface area contributed by atoms with Crippen LogP contribution in [0.25, 0.3) is 0 Å². The Hall–Kier alpha value is -2.27. The zero-order valence-electron chi connectivity index (χ0n) is 10.9. The molecule has 0 N–H and O–H groups in total. The van der Waals surface area contributed by atoms with Gasteiger partial charge in [-0.05, 0) is 43.2 Å². The highest BCUT2D eigenvalue weighted by atomic mass is 15.1. The highest BCUT2D eigenvalue weighted by molar-refractivity contribution is 5.71. The van der Waals surface area contributed by atoms with Crippen LogP contribution in [0.2, 0.25) is 0 Å². The quantitative estimate of drug-likeness (QED) is 0.789. The van der Waals surface area contributed by atoms with Crippen molar-refractivity contribution in [1.82, 2.24) is 0 Å². The van der Waals surface area contributed by atoms with Crippen LogP contribution in [0.4, 0.5) is 11.4 Å². The highest BCUT2D eigenvalue weighted by Gasteiger charge is 2.10. The summed E-state index contributed by atoms with van der Waals surface area (Å²) >= 11 is 0. The Morgan fingerprint density at radius 2 is 1.72 bits per heavy atom. The highest BCUT2D eigenvalue weighted by Crippen LogP contribution is 2.29. The van der Waals surface area contributed by atoms with Gasteiger partial charge in [0.25, 0.3) is 0 Å². The molecule has 0 saturated carbocycles. The SMILES string of the molecule is Cc1ccc(N(C)c2ccccc2C)c(C#N)c1. The number of nitrogens with zero attached hydrogens (tertiary/aromatic N) is 2. The summed E-state index contributed by atoms with van der Waals surface area (Å²) in [7, 11) is 1.99. The molecule has 0 fully saturated rings. The van der Waals surface area contributed by atoms with Crippen LogP contribution in [-0.2, 0) is 0 Å². The van der Waals surface area contributed by atoms with Crippen LogP contribution < -0.4 is 4.90 Å². The first-order chi connectivity index (χ1) is 8.63. The number of anilines is 2. The summed E-state index contributed by atoms with van der Waals surface area (Å²) in [6.07, 6.45) is 0. The van der Waals surface area contributed by atoms with E-state index in [4.69, 9.17) is 0 Å². The third-order valence-corrected chi connectivity index (χ3v) is 3.11. The van der Waals surface area contributed by atoms with Crippen LogP contribution in [0, 0.1) is 25.2 Å². The lowest BCUT2D eigenvalue weighted by Crippen LogP contribution is -2.12. The number of rotatable bonds is 2. The standard InChI is InChI=1S/C16H16N2/c1-12-8-9-16(14(10-12)11-17)18(3)15-7-5-4-6-13(15)2/h4-10H,1-3H3. The molecule has 90 valence electrons. The number of para-hydroxylation sites is 1. The first-order valence-electron chi connectivity index (χ1n) is 5.93. The Labute approximate surface area is 108 Å². The van der Waals surface area contributed by atoms with Crippen molar-refractivity contribution in [2.45, 2.75) is 13.8 Å². The molecule has 2 heteroatoms. The predicted octanol–water partition coefficient (Wildman–Crippen LogP) is 3.94. The van der Waals surface area contributed by atoms with E-state index in [1.807, 2.05) is 44.3 Å². The molecular weight excluding hydrogens is 220 g/mol. The summed E-state index contributed by atoms with van der Waals surface area (Å²) < 4.78 is 0. The van der Waals surface area contributed by atoms with E-state index in [-0.39, 0.29) is 0 Å². The second kappa shape index (κ2) is 4.93. The molecular formula is C16H16N2. The lowest BCUT2D eigenvalue weighted by molar-refractivity contribution is 1.17. The van der Waals surface area contributed by atoms with Crippen molar-refractivity contribution in [1.29, 1.82) is 5.26 Å². The lowest BCUT2D eigenvalue weighted by Gasteiger charge is -2.22. The molecule has 0 radical (unpaired) electrons. The van der Waals surface area contributed by atoms with Crippen molar-refractivity contribution in [3.05, 3.63) is 59.2 Å². The largest absolute Gasteiger partial charge is 0.343 e. The Balaban J connectivity index is 2.50. The van der Waals surface area contributed by atoms with Gasteiger partial charge in [0.05, 0.1) is 11.3 Å². The van der Waals surface area contributed by atoms with Crippen molar-refractivity contribution in [3.8, 4) is 6.07 Å². The molecule has 2 aromatic carbocycles. The number of aryl methyl sites for hydroxylation is 2. The van der Waals surface area contributed by atoms with Crippen molar-refractivity contribution >= 4 is 11.4 Å². The van der Waals surface area contributed by atoms with Gasteiger partial charge in [0.1, 0.15) is 6.07 Å². The monoisotopic (exact) mass is 236 g/mol. The first-order valence-corrected chi connectivity index (χ1v) is 5.93. The van der Waals surface area contributed by atoms with Gasteiger partial charge in [0.15, 0.2) is 0 Å². The van der Waals surface area contributed by atoms with Crippen molar-refractivity contribution in [2.75, 3.05) is 11.9 Å². The smallest absolute Gasteiger partial charge is 0.101 e. The number of benzene rings is 2. The van der Waals surface area contributed by atoms with Gasteiger partial charge in [-0.1, -0.05) is 24.3 Å². The van der Waals surface area contributed by atoms with Crippen LogP contribution in [0.5, 0.6) is 0 Å². The summed E-state index contributed by atoms with van der Waals surface area (Å²) in [5.74, 6) is 0. The molecule has 0 unspecified atom stereocenters. The molecule has 2 nitrogen and oxygen atoms in total. The van der Waals surface area contributed by atoms with Gasteiger partial charge < -0.3 is 4.90 Å². The fourth-order valence-corrected chi connectivity index (χ4v) is 2.10. The van der Waals surface area contributed by atoms with Crippen molar-refractivity contribution in [2.24, 2.45) is 0 Å². The zero-order chi connectivity index (χ0) is 13.1. The number of nitriles is 1. The average molecular weight is 236 g/mol. The van der Waals surface area contributed by atoms with E-state index in [2.05, 4.69) is 30.0 Å². The predicted molar refractivity (Wildman–Crippen MR) is 75.1 cm³/mol. The van der Waals surface area contributed by atoms with Crippen LogP contribution in [0.3, 0.4) is 0 Å². The van der Waals surface area contributed by atoms with E-state index >= 15 is 0 Å². The zero-order valence-corrected chi connectivity index (χ0v) is 10.9. The fraction of sp³-hybridized carbons (Fsp3) is 0.188. The molecule has 0 aliphatic rings. The molecule has 0 bridgehead atoms. The summed E-state index contributed by atoms with van der Waals surface area (Å²) in [5, 5.41) is 9.23. The van der Waals surface area contributed by atoms with Gasteiger partial charge in [0, 0.05) is 12.7 Å². The molecule has 18 heavy (non-hydrogen) atoms. The molecule has 2 rings (SSSR count). The molecule has 0 saturated heterocycles. The van der Waals surface area contributed by atoms with Gasteiger partial charge in [-0.3, -0.25) is 0 Å². The minimum atomic E-state index is 0.709. The Morgan fingerprint density at radius 3 is 2.39 bits per heavy atom. The molecule has 0 aliphatic carbocycles. The molecule has 0 aliphatic heterocycles. The second-order valence-corrected chi connectivity index (χ2v) is 4.48. The lowest BCUT2D eigenvalue weighted by atomic mass is 10.1. The summed E-state index contributed by atoms with van der Waals surface area (Å²) in [6, 6.07) is 16.4. The molecule has 0 heterocycles. The minimum Gasteiger partial charge on any atom is -0.343 e. The molecule has 0 aromatic heterocycles. The molecule has 0 spiro atoms. The van der Waals surface area contributed by atoms with Crippen LogP contribution >= 0.6 is 0 Å². The van der Waals surface area contributed by atoms with E-state index in [0.717, 1.165) is 16.9 Å². The Morgan fingerprint density at radius 1 is 1.00 bits per heavy atom. The normalized spacial score (nSPS) is 9.89. The third-order valence-electron chi connectivity index (χ3n) is 3.11. The summed E-state index contributed by atoms with van der Waals surface area (Å²) in [6.45, 7) is 4.07. The van der Waals surface area contributed by atoms with Gasteiger partial charge in [-0.2, -0.15) is 5.26 Å². The van der Waals surface area contributed by atoms with Gasteiger partial charge in [0.2, 0.25) is 0 Å². The van der Waals surface area contributed by atoms with Gasteiger partial charge in [-0.15, -0.1) is 0 Å². The summed E-state index contributed by atoms with van der Waals surface area (Å²) in [5.41, 5.74) is 5.08. The minimum absolute atomic E-state index is 0.709. The van der Waals surface area contributed by atoms with E-state index in [1.165, 1.54) is 5.56 Å². The van der Waals surface area contributed by atoms with E-state index in [0.29, 0.717) is 5.56 Å². The number of hydrogen-bond donors (Lipinski definition) is 0. The van der Waals surface area contributed by atoms with Crippen LogP contribution in [0.1, 0.15) is 16.7 Å². The van der Waals surface area contributed by atoms with Crippen LogP contribution in [-0.4, -0.2) is 7.05 Å². The van der Waals surface area contributed by atoms with Crippen molar-refractivity contribution < 1.29 is 0 Å². The molecule has 2 aromatic rings. The maximum Gasteiger partial charge on any atom is 0.101 e. The number of hydrogen-bond acceptors (Lipinski definition) is 2. The third kappa shape index (κ3) is 2.21. The van der Waals surface area contributed by atoms with Crippen molar-refractivity contribution in [3.63, 3.8) is 0 Å². The summed E-state index contributed by atoms with van der Waals surface area (Å²) in [4.78, 5) is 2.06. The second-order valence-electron chi connectivity index (χ2n) is 4.48. The van der Waals surface area contributed by atoms with E-state index in [1.54, 1.807) is 0 Å². The van der Waals surface area contributed by atoms with E-state index < -0.39 is 0 Å². The van der Waals surface area contributed by atoms with E-state index in [9.17, 15) is 5.26 Å². The Bertz CT molecular complexity index is 609. The topological polar surface area (TPSA) is 27.0 Å². The maximum atomic E-state index is 9.23. The maximum absolute atomic E-state index is 9.23.